The van der Waals surface area contributed by atoms with Gasteiger partial charge in [0.1, 0.15) is 5.82 Å². The Balaban J connectivity index is 2.17. The van der Waals surface area contributed by atoms with Crippen LogP contribution in [0.1, 0.15) is 30.6 Å². The highest BCUT2D eigenvalue weighted by Crippen LogP contribution is 2.09. The first kappa shape index (κ1) is 14.0. The zero-order valence-electron chi connectivity index (χ0n) is 11.5. The molecule has 7 nitrogen and oxygen atoms in total. The van der Waals surface area contributed by atoms with Crippen LogP contribution < -0.4 is 5.32 Å². The highest BCUT2D eigenvalue weighted by Gasteiger charge is 2.11. The standard InChI is InChI=1S/C13H17N5O2/c1-3-5-15-11-7-14-8-12(17-11)18-9-10(6-16-18)13(19)20-4-2/h6-9H,3-5H2,1-2H3,(H,15,17). The zero-order valence-corrected chi connectivity index (χ0v) is 11.5. The molecule has 20 heavy (non-hydrogen) atoms. The van der Waals surface area contributed by atoms with Crippen LogP contribution in [-0.4, -0.2) is 38.9 Å². The summed E-state index contributed by atoms with van der Waals surface area (Å²) in [4.78, 5) is 20.0. The van der Waals surface area contributed by atoms with Crippen LogP contribution in [-0.2, 0) is 4.74 Å². The third-order valence-corrected chi connectivity index (χ3v) is 2.51. The molecule has 0 atom stereocenters. The lowest BCUT2D eigenvalue weighted by atomic mass is 10.4. The monoisotopic (exact) mass is 275 g/mol. The number of esters is 1. The minimum atomic E-state index is -0.396. The van der Waals surface area contributed by atoms with E-state index in [0.717, 1.165) is 13.0 Å². The molecule has 0 amide bonds. The molecule has 0 aromatic carbocycles. The van der Waals surface area contributed by atoms with Gasteiger partial charge in [0.05, 0.1) is 30.8 Å². The van der Waals surface area contributed by atoms with Crippen molar-refractivity contribution in [2.24, 2.45) is 0 Å². The van der Waals surface area contributed by atoms with Crippen LogP contribution in [0, 0.1) is 0 Å². The molecule has 0 fully saturated rings. The van der Waals surface area contributed by atoms with Crippen molar-refractivity contribution in [3.63, 3.8) is 0 Å². The third kappa shape index (κ3) is 3.31. The number of carbonyl (C=O) groups is 1. The lowest BCUT2D eigenvalue weighted by molar-refractivity contribution is 0.0526. The van der Waals surface area contributed by atoms with Crippen molar-refractivity contribution in [1.82, 2.24) is 19.7 Å². The van der Waals surface area contributed by atoms with Crippen LogP contribution in [0.4, 0.5) is 5.82 Å². The van der Waals surface area contributed by atoms with Crippen molar-refractivity contribution in [2.45, 2.75) is 20.3 Å². The summed E-state index contributed by atoms with van der Waals surface area (Å²) in [5.41, 5.74) is 0.389. The maximum absolute atomic E-state index is 11.6. The van der Waals surface area contributed by atoms with Gasteiger partial charge in [0, 0.05) is 12.7 Å². The summed E-state index contributed by atoms with van der Waals surface area (Å²) in [6.07, 6.45) is 7.26. The number of nitrogens with one attached hydrogen (secondary N) is 1. The average molecular weight is 275 g/mol. The van der Waals surface area contributed by atoms with Crippen molar-refractivity contribution in [3.8, 4) is 5.82 Å². The van der Waals surface area contributed by atoms with E-state index in [1.807, 2.05) is 0 Å². The van der Waals surface area contributed by atoms with Gasteiger partial charge in [0.15, 0.2) is 5.82 Å². The summed E-state index contributed by atoms with van der Waals surface area (Å²) in [7, 11) is 0. The molecule has 0 aliphatic carbocycles. The Morgan fingerprint density at radius 2 is 2.20 bits per heavy atom. The highest BCUT2D eigenvalue weighted by atomic mass is 16.5. The molecular formula is C13H17N5O2. The zero-order chi connectivity index (χ0) is 14.4. The molecule has 2 aromatic heterocycles. The van der Waals surface area contributed by atoms with E-state index in [4.69, 9.17) is 4.74 Å². The quantitative estimate of drug-likeness (QED) is 0.807. The summed E-state index contributed by atoms with van der Waals surface area (Å²) in [5, 5.41) is 7.24. The van der Waals surface area contributed by atoms with Gasteiger partial charge in [-0.15, -0.1) is 0 Å². The van der Waals surface area contributed by atoms with E-state index in [1.165, 1.54) is 10.9 Å². The summed E-state index contributed by atoms with van der Waals surface area (Å²) < 4.78 is 6.41. The SMILES string of the molecule is CCCNc1cncc(-n2cc(C(=O)OCC)cn2)n1. The highest BCUT2D eigenvalue weighted by molar-refractivity contribution is 5.88. The number of aromatic nitrogens is 4. The van der Waals surface area contributed by atoms with E-state index in [9.17, 15) is 4.79 Å². The van der Waals surface area contributed by atoms with Crippen molar-refractivity contribution in [2.75, 3.05) is 18.5 Å². The molecule has 2 heterocycles. The van der Waals surface area contributed by atoms with Crippen LogP contribution in [0.15, 0.2) is 24.8 Å². The summed E-state index contributed by atoms with van der Waals surface area (Å²) in [5.74, 6) is 0.825. The first-order valence-electron chi connectivity index (χ1n) is 6.52. The van der Waals surface area contributed by atoms with Crippen molar-refractivity contribution < 1.29 is 9.53 Å². The van der Waals surface area contributed by atoms with Crippen molar-refractivity contribution in [1.29, 1.82) is 0 Å². The average Bonchev–Trinajstić information content (AvgIpc) is 2.95. The molecule has 0 spiro atoms. The fourth-order valence-electron chi connectivity index (χ4n) is 1.57. The van der Waals surface area contributed by atoms with E-state index in [0.29, 0.717) is 23.8 Å². The second kappa shape index (κ2) is 6.65. The molecule has 106 valence electrons. The lowest BCUT2D eigenvalue weighted by Gasteiger charge is -2.05. The molecule has 7 heteroatoms. The molecule has 0 saturated heterocycles. The van der Waals surface area contributed by atoms with Crippen LogP contribution in [0.5, 0.6) is 0 Å². The van der Waals surface area contributed by atoms with Gasteiger partial charge in [-0.2, -0.15) is 5.10 Å². The summed E-state index contributed by atoms with van der Waals surface area (Å²) in [6, 6.07) is 0. The van der Waals surface area contributed by atoms with E-state index in [2.05, 4.69) is 27.3 Å². The minimum Gasteiger partial charge on any atom is -0.462 e. The topological polar surface area (TPSA) is 81.9 Å². The number of nitrogens with zero attached hydrogens (tertiary/aromatic N) is 4. The molecule has 2 rings (SSSR count). The van der Waals surface area contributed by atoms with Gasteiger partial charge in [0.25, 0.3) is 0 Å². The fourth-order valence-corrected chi connectivity index (χ4v) is 1.57. The molecule has 0 aliphatic rings. The largest absolute Gasteiger partial charge is 0.462 e. The smallest absolute Gasteiger partial charge is 0.341 e. The minimum absolute atomic E-state index is 0.334. The second-order valence-corrected chi connectivity index (χ2v) is 4.08. The van der Waals surface area contributed by atoms with E-state index in [1.54, 1.807) is 25.5 Å². The number of hydrogen-bond donors (Lipinski definition) is 1. The number of ether oxygens (including phenoxy) is 1. The van der Waals surface area contributed by atoms with Gasteiger partial charge in [-0.3, -0.25) is 4.98 Å². The molecule has 0 unspecified atom stereocenters. The summed E-state index contributed by atoms with van der Waals surface area (Å²) >= 11 is 0. The molecule has 2 aromatic rings. The maximum Gasteiger partial charge on any atom is 0.341 e. The van der Waals surface area contributed by atoms with Crippen LogP contribution in [0.3, 0.4) is 0 Å². The Kier molecular flexibility index (Phi) is 4.65. The molecule has 0 bridgehead atoms. The fraction of sp³-hybridized carbons (Fsp3) is 0.385. The van der Waals surface area contributed by atoms with Crippen LogP contribution >= 0.6 is 0 Å². The Bertz CT molecular complexity index is 582. The Morgan fingerprint density at radius 3 is 2.95 bits per heavy atom. The van der Waals surface area contributed by atoms with Gasteiger partial charge < -0.3 is 10.1 Å². The maximum atomic E-state index is 11.6. The molecule has 0 radical (unpaired) electrons. The normalized spacial score (nSPS) is 10.3. The van der Waals surface area contributed by atoms with Crippen LogP contribution in [0.25, 0.3) is 5.82 Å². The van der Waals surface area contributed by atoms with Gasteiger partial charge in [-0.1, -0.05) is 6.92 Å². The van der Waals surface area contributed by atoms with E-state index < -0.39 is 5.97 Å². The molecule has 1 N–H and O–H groups in total. The molecular weight excluding hydrogens is 258 g/mol. The van der Waals surface area contributed by atoms with Gasteiger partial charge in [0.2, 0.25) is 0 Å². The first-order chi connectivity index (χ1) is 9.74. The second-order valence-electron chi connectivity index (χ2n) is 4.08. The predicted octanol–water partition coefficient (Wildman–Crippen LogP) is 1.66. The predicted molar refractivity (Wildman–Crippen MR) is 73.9 cm³/mol. The Labute approximate surface area is 117 Å². The molecule has 0 saturated carbocycles. The summed E-state index contributed by atoms with van der Waals surface area (Å²) in [6.45, 7) is 4.99. The number of hydrogen-bond acceptors (Lipinski definition) is 6. The van der Waals surface area contributed by atoms with Gasteiger partial charge in [-0.05, 0) is 13.3 Å². The Hall–Kier alpha value is -2.44. The third-order valence-electron chi connectivity index (χ3n) is 2.51. The lowest BCUT2D eigenvalue weighted by Crippen LogP contribution is -2.06. The van der Waals surface area contributed by atoms with Gasteiger partial charge >= 0.3 is 5.97 Å². The van der Waals surface area contributed by atoms with Crippen molar-refractivity contribution in [3.05, 3.63) is 30.4 Å². The first-order valence-corrected chi connectivity index (χ1v) is 6.52. The Morgan fingerprint density at radius 1 is 1.35 bits per heavy atom. The van der Waals surface area contributed by atoms with Gasteiger partial charge in [-0.25, -0.2) is 14.5 Å². The van der Waals surface area contributed by atoms with E-state index >= 15 is 0 Å². The number of anilines is 1. The van der Waals surface area contributed by atoms with Crippen molar-refractivity contribution >= 4 is 11.8 Å². The van der Waals surface area contributed by atoms with Crippen LogP contribution in [0.2, 0.25) is 0 Å². The van der Waals surface area contributed by atoms with E-state index in [-0.39, 0.29) is 0 Å². The number of carbonyl (C=O) groups excluding carboxylic acids is 1. The number of rotatable bonds is 6. The molecule has 0 aliphatic heterocycles.